The van der Waals surface area contributed by atoms with E-state index in [0.717, 1.165) is 44.0 Å². The maximum Gasteiger partial charge on any atom is 0.407 e. The molecule has 3 aromatic carbocycles. The molecule has 13 N–H and O–H groups in total. The molecule has 0 spiro atoms. The van der Waals surface area contributed by atoms with Crippen molar-refractivity contribution in [3.63, 3.8) is 0 Å². The highest BCUT2D eigenvalue weighted by atomic mass is 33.1. The number of carbonyl (C=O) groups excluding carboxylic acids is 8. The number of carboxylic acid groups (broad SMARTS) is 1. The first-order valence-electron chi connectivity index (χ1n) is 25.9. The number of aromatic nitrogens is 1. The number of alkyl carbamates (subject to hydrolysis) is 1. The lowest BCUT2D eigenvalue weighted by Gasteiger charge is -2.30. The van der Waals surface area contributed by atoms with Crippen molar-refractivity contribution in [3.05, 3.63) is 95.7 Å². The molecule has 0 saturated carbocycles. The lowest BCUT2D eigenvalue weighted by atomic mass is 9.98. The van der Waals surface area contributed by atoms with Crippen LogP contribution in [-0.4, -0.2) is 148 Å². The molecule has 25 heteroatoms. The molecule has 1 fully saturated rings. The van der Waals surface area contributed by atoms with E-state index in [1.54, 1.807) is 33.0 Å². The minimum absolute atomic E-state index is 0.0274. The average molecular weight is 1130 g/mol. The molecule has 23 nitrogen and oxygen atoms in total. The Bertz CT molecular complexity index is 2840. The van der Waals surface area contributed by atoms with E-state index in [0.29, 0.717) is 24.8 Å². The molecule has 0 bridgehead atoms. The zero-order chi connectivity index (χ0) is 57.2. The van der Waals surface area contributed by atoms with E-state index >= 15 is 0 Å². The SMILES string of the molecule is CC(C)(C)OC(=O)C[C@H](NC(=O)CNC(=O)[C@H](CCCCN=C(N)N)NC(=O)OCC1c2ccccc2-c2ccccc21)C(=O)N[C@@H](Cc1c[nH]c2ccccc12)C(=O)N1CCC[C@H]1C(=O)N[C@@H](CSSCCC(=O)O)C(N)=O. The van der Waals surface area contributed by atoms with Gasteiger partial charge in [-0.1, -0.05) is 88.3 Å². The highest BCUT2D eigenvalue weighted by Crippen LogP contribution is 2.44. The van der Waals surface area contributed by atoms with E-state index in [9.17, 15) is 43.2 Å². The number of carbonyl (C=O) groups is 9. The summed E-state index contributed by atoms with van der Waals surface area (Å²) in [5.41, 5.74) is 21.0. The largest absolute Gasteiger partial charge is 0.481 e. The Balaban J connectivity index is 1.16. The molecule has 424 valence electrons. The van der Waals surface area contributed by atoms with Gasteiger partial charge in [0, 0.05) is 54.0 Å². The van der Waals surface area contributed by atoms with Gasteiger partial charge in [-0.15, -0.1) is 0 Å². The van der Waals surface area contributed by atoms with Crippen molar-refractivity contribution in [2.45, 2.75) is 114 Å². The lowest BCUT2D eigenvalue weighted by Crippen LogP contribution is -2.59. The number of aromatic amines is 1. The summed E-state index contributed by atoms with van der Waals surface area (Å²) in [7, 11) is 2.36. The number of ether oxygens (including phenoxy) is 2. The summed E-state index contributed by atoms with van der Waals surface area (Å²) in [4.78, 5) is 129. The molecule has 7 amide bonds. The Hall–Kier alpha value is -7.80. The number of unbranched alkanes of at least 4 members (excludes halogenated alkanes) is 1. The number of para-hydroxylation sites is 1. The standard InChI is InChI=1S/C54H69N11O12S2/c1-54(2,3)77-46(69)26-40(61-44(66)28-60-48(71)39(19-10-11-22-58-52(56)57)64-53(75)76-29-37-35-16-6-4-14-33(35)34-15-5-7-17-36(34)37)49(72)62-41(25-31-27-59-38-18-9-8-13-32(31)38)51(74)65-23-12-20-43(65)50(73)63-42(47(55)70)30-79-78-24-21-45(67)68/h4-9,13-18,27,37,39-43,59H,10-12,19-26,28-30H2,1-3H3,(H2,55,70)(H,60,71)(H,61,66)(H,62,72)(H,63,73)(H,64,75)(H,67,68)(H4,56,57,58)/t39-,40-,41-,42-,43-/m0/s1. The zero-order valence-electron chi connectivity index (χ0n) is 44.3. The van der Waals surface area contributed by atoms with Gasteiger partial charge in [0.25, 0.3) is 0 Å². The molecule has 4 aromatic rings. The van der Waals surface area contributed by atoms with Crippen LogP contribution in [0, 0.1) is 0 Å². The number of rotatable bonds is 28. The van der Waals surface area contributed by atoms with Crippen LogP contribution in [0.25, 0.3) is 22.0 Å². The quantitative estimate of drug-likeness (QED) is 0.0128. The van der Waals surface area contributed by atoms with Gasteiger partial charge in [0.2, 0.25) is 35.4 Å². The summed E-state index contributed by atoms with van der Waals surface area (Å²) in [5.74, 6) is -6.76. The third kappa shape index (κ3) is 17.9. The van der Waals surface area contributed by atoms with Gasteiger partial charge >= 0.3 is 18.0 Å². The van der Waals surface area contributed by atoms with Gasteiger partial charge in [0.1, 0.15) is 42.4 Å². The second-order valence-corrected chi connectivity index (χ2v) is 22.6. The maximum absolute atomic E-state index is 14.8. The average Bonchev–Trinajstić information content (AvgIpc) is 4.14. The minimum atomic E-state index is -1.66. The van der Waals surface area contributed by atoms with Crippen LogP contribution in [0.1, 0.15) is 88.3 Å². The second-order valence-electron chi connectivity index (χ2n) is 20.0. The van der Waals surface area contributed by atoms with E-state index in [2.05, 4.69) is 36.6 Å². The van der Waals surface area contributed by atoms with E-state index in [4.69, 9.17) is 31.8 Å². The fraction of sp³-hybridized carbons (Fsp3) is 0.444. The van der Waals surface area contributed by atoms with Crippen molar-refractivity contribution >= 4 is 91.9 Å². The summed E-state index contributed by atoms with van der Waals surface area (Å²) in [5, 5.41) is 22.7. The number of esters is 1. The molecular weight excluding hydrogens is 1060 g/mol. The van der Waals surface area contributed by atoms with Gasteiger partial charge in [-0.05, 0) is 86.8 Å². The Labute approximate surface area is 464 Å². The molecule has 1 saturated heterocycles. The number of H-pyrrole nitrogens is 1. The number of hydrogen-bond donors (Lipinski definition) is 10. The summed E-state index contributed by atoms with van der Waals surface area (Å²) >= 11 is 0. The van der Waals surface area contributed by atoms with Crippen LogP contribution < -0.4 is 43.8 Å². The molecule has 1 aromatic heterocycles. The van der Waals surface area contributed by atoms with Gasteiger partial charge in [-0.3, -0.25) is 43.3 Å². The number of guanidine groups is 1. The number of amides is 7. The molecule has 2 aliphatic rings. The Morgan fingerprint density at radius 2 is 1.49 bits per heavy atom. The van der Waals surface area contributed by atoms with Crippen LogP contribution in [-0.2, 0) is 54.3 Å². The van der Waals surface area contributed by atoms with Crippen LogP contribution in [0.3, 0.4) is 0 Å². The molecule has 0 unspecified atom stereocenters. The van der Waals surface area contributed by atoms with Crippen LogP contribution in [0.15, 0.2) is 84.0 Å². The van der Waals surface area contributed by atoms with Gasteiger partial charge in [0.15, 0.2) is 5.96 Å². The predicted octanol–water partition coefficient (Wildman–Crippen LogP) is 2.70. The van der Waals surface area contributed by atoms with Gasteiger partial charge in [-0.25, -0.2) is 4.79 Å². The van der Waals surface area contributed by atoms with Crippen LogP contribution in [0.4, 0.5) is 4.79 Å². The fourth-order valence-corrected chi connectivity index (χ4v) is 11.4. The number of likely N-dealkylation sites (tertiary alicyclic amines) is 1. The molecule has 1 aliphatic heterocycles. The highest BCUT2D eigenvalue weighted by Gasteiger charge is 2.40. The van der Waals surface area contributed by atoms with Crippen LogP contribution >= 0.6 is 21.6 Å². The van der Waals surface area contributed by atoms with E-state index in [1.165, 1.54) is 15.7 Å². The normalized spacial score (nSPS) is 15.3. The number of aliphatic carboxylic acids is 1. The fourth-order valence-electron chi connectivity index (χ4n) is 9.28. The second kappa shape index (κ2) is 28.7. The first kappa shape index (κ1) is 60.4. The summed E-state index contributed by atoms with van der Waals surface area (Å²) < 4.78 is 11.2. The molecule has 1 aliphatic carbocycles. The summed E-state index contributed by atoms with van der Waals surface area (Å²) in [6.45, 7) is 4.46. The Morgan fingerprint density at radius 3 is 2.16 bits per heavy atom. The molecule has 2 heterocycles. The number of hydrogen-bond acceptors (Lipinski definition) is 14. The van der Waals surface area contributed by atoms with Crippen molar-refractivity contribution in [1.82, 2.24) is 36.5 Å². The number of fused-ring (bicyclic) bond motifs is 4. The number of aliphatic imine (C=N–C) groups is 1. The highest BCUT2D eigenvalue weighted by molar-refractivity contribution is 8.76. The molecular formula is C54H69N11O12S2. The minimum Gasteiger partial charge on any atom is -0.481 e. The third-order valence-electron chi connectivity index (χ3n) is 12.9. The molecule has 0 radical (unpaired) electrons. The third-order valence-corrected chi connectivity index (χ3v) is 15.4. The van der Waals surface area contributed by atoms with Gasteiger partial charge in [-0.2, -0.15) is 0 Å². The summed E-state index contributed by atoms with van der Waals surface area (Å²) in [6, 6.07) is 16.4. The number of nitrogens with zero attached hydrogens (tertiary/aromatic N) is 2. The number of nitrogens with two attached hydrogens (primary N) is 3. The Morgan fingerprint density at radius 1 is 0.810 bits per heavy atom. The first-order chi connectivity index (χ1) is 37.7. The van der Waals surface area contributed by atoms with Crippen molar-refractivity contribution in [2.24, 2.45) is 22.2 Å². The monoisotopic (exact) mass is 1130 g/mol. The zero-order valence-corrected chi connectivity index (χ0v) is 45.9. The van der Waals surface area contributed by atoms with Crippen molar-refractivity contribution in [3.8, 4) is 11.1 Å². The van der Waals surface area contributed by atoms with Gasteiger partial charge in [0.05, 0.1) is 19.4 Å². The van der Waals surface area contributed by atoms with Crippen LogP contribution in [0.5, 0.6) is 0 Å². The number of nitrogens with one attached hydrogen (secondary N) is 6. The van der Waals surface area contributed by atoms with Gasteiger partial charge < -0.3 is 68.2 Å². The lowest BCUT2D eigenvalue weighted by molar-refractivity contribution is -0.156. The summed E-state index contributed by atoms with van der Waals surface area (Å²) in [6.07, 6.45) is 1.39. The molecule has 5 atom stereocenters. The van der Waals surface area contributed by atoms with Crippen molar-refractivity contribution in [1.29, 1.82) is 0 Å². The Kier molecular flexibility index (Phi) is 22.0. The number of benzene rings is 3. The molecule has 79 heavy (non-hydrogen) atoms. The van der Waals surface area contributed by atoms with Crippen molar-refractivity contribution in [2.75, 3.05) is 37.7 Å². The van der Waals surface area contributed by atoms with Crippen molar-refractivity contribution < 1.29 is 57.7 Å². The van der Waals surface area contributed by atoms with E-state index in [-0.39, 0.29) is 68.8 Å². The molecule has 6 rings (SSSR count). The maximum atomic E-state index is 14.8. The topological polar surface area (TPSA) is 362 Å². The number of primary amides is 1. The van der Waals surface area contributed by atoms with Crippen LogP contribution in [0.2, 0.25) is 0 Å². The first-order valence-corrected chi connectivity index (χ1v) is 28.3. The predicted molar refractivity (Wildman–Crippen MR) is 299 cm³/mol. The smallest absolute Gasteiger partial charge is 0.407 e. The van der Waals surface area contributed by atoms with E-state index in [1.807, 2.05) is 66.7 Å². The van der Waals surface area contributed by atoms with E-state index < -0.39 is 102 Å². The number of carboxylic acids is 1.